The number of carbonyl (C=O) groups excluding carboxylic acids is 3. The van der Waals surface area contributed by atoms with Gasteiger partial charge in [0.05, 0.1) is 35.8 Å². The summed E-state index contributed by atoms with van der Waals surface area (Å²) in [5.74, 6) is 1.46. The first kappa shape index (κ1) is 21.0. The van der Waals surface area contributed by atoms with Crippen LogP contribution in [0.4, 0.5) is 5.69 Å². The number of nitrogens with zero attached hydrogens (tertiary/aromatic N) is 1. The zero-order chi connectivity index (χ0) is 22.2. The number of fused-ring (bicyclic) bond motifs is 2. The van der Waals surface area contributed by atoms with E-state index in [9.17, 15) is 22.8 Å². The van der Waals surface area contributed by atoms with Crippen LogP contribution in [0.2, 0.25) is 0 Å². The molecule has 1 fully saturated rings. The van der Waals surface area contributed by atoms with Gasteiger partial charge < -0.3 is 5.32 Å². The number of benzene rings is 2. The van der Waals surface area contributed by atoms with Gasteiger partial charge in [0.2, 0.25) is 5.91 Å². The van der Waals surface area contributed by atoms with Gasteiger partial charge >= 0.3 is 0 Å². The summed E-state index contributed by atoms with van der Waals surface area (Å²) in [5.41, 5.74) is 1.28. The highest BCUT2D eigenvalue weighted by Gasteiger charge is 2.34. The maximum atomic E-state index is 13.1. The van der Waals surface area contributed by atoms with Crippen LogP contribution in [-0.4, -0.2) is 61.4 Å². The van der Waals surface area contributed by atoms with Crippen LogP contribution in [-0.2, 0) is 14.6 Å². The number of sulfone groups is 1. The normalized spacial score (nSPS) is 18.9. The number of terminal acetylenes is 1. The minimum absolute atomic E-state index is 0.0353. The summed E-state index contributed by atoms with van der Waals surface area (Å²) in [6, 6.07) is 11.0. The minimum Gasteiger partial charge on any atom is -0.324 e. The predicted octanol–water partition coefficient (Wildman–Crippen LogP) is 1.52. The second-order valence-electron chi connectivity index (χ2n) is 7.65. The van der Waals surface area contributed by atoms with Crippen LogP contribution >= 0.6 is 0 Å². The fraction of sp³-hybridized carbons (Fsp3) is 0.261. The Bertz CT molecular complexity index is 1240. The van der Waals surface area contributed by atoms with Gasteiger partial charge in [0.1, 0.15) is 0 Å². The van der Waals surface area contributed by atoms with E-state index in [2.05, 4.69) is 11.2 Å². The van der Waals surface area contributed by atoms with Gasteiger partial charge in [0.15, 0.2) is 21.4 Å². The molecule has 1 aliphatic carbocycles. The molecule has 7 nitrogen and oxygen atoms in total. The second kappa shape index (κ2) is 8.10. The van der Waals surface area contributed by atoms with E-state index in [0.717, 1.165) is 0 Å². The Balaban J connectivity index is 1.58. The molecule has 1 atom stereocenters. The molecule has 0 spiro atoms. The van der Waals surface area contributed by atoms with E-state index in [-0.39, 0.29) is 59.0 Å². The molecule has 0 aromatic heterocycles. The Morgan fingerprint density at radius 3 is 2.39 bits per heavy atom. The molecule has 1 N–H and O–H groups in total. The van der Waals surface area contributed by atoms with Crippen LogP contribution in [0.3, 0.4) is 0 Å². The molecule has 158 valence electrons. The average molecular weight is 436 g/mol. The first-order valence-corrected chi connectivity index (χ1v) is 11.6. The number of ketones is 2. The number of nitrogens with one attached hydrogen (secondary N) is 1. The van der Waals surface area contributed by atoms with Crippen molar-refractivity contribution in [1.29, 1.82) is 0 Å². The van der Waals surface area contributed by atoms with Crippen molar-refractivity contribution < 1.29 is 22.8 Å². The van der Waals surface area contributed by atoms with Gasteiger partial charge in [-0.2, -0.15) is 0 Å². The molecule has 0 radical (unpaired) electrons. The van der Waals surface area contributed by atoms with E-state index >= 15 is 0 Å². The summed E-state index contributed by atoms with van der Waals surface area (Å²) in [6.07, 6.45) is 5.83. The molecular weight excluding hydrogens is 416 g/mol. The lowest BCUT2D eigenvalue weighted by atomic mass is 9.83. The molecule has 31 heavy (non-hydrogen) atoms. The van der Waals surface area contributed by atoms with Gasteiger partial charge in [-0.1, -0.05) is 42.3 Å². The number of hydrogen-bond acceptors (Lipinski definition) is 6. The monoisotopic (exact) mass is 436 g/mol. The lowest BCUT2D eigenvalue weighted by Gasteiger charge is -2.26. The van der Waals surface area contributed by atoms with Crippen molar-refractivity contribution in [2.45, 2.75) is 12.5 Å². The highest BCUT2D eigenvalue weighted by molar-refractivity contribution is 7.91. The molecule has 2 aromatic rings. The molecule has 8 heteroatoms. The van der Waals surface area contributed by atoms with Crippen molar-refractivity contribution in [1.82, 2.24) is 4.90 Å². The SMILES string of the molecule is C#CCN(CC(=O)Nc1cccc2c1C(=O)c1ccccc1C2=O)C1CCS(=O)(=O)C1. The standard InChI is InChI=1S/C23H20N2O5S/c1-2-11-25(15-10-12-31(29,30)14-15)13-20(26)24-19-9-5-8-18-21(19)23(28)17-7-4-3-6-16(17)22(18)27/h1,3-9,15H,10-14H2,(H,24,26). The summed E-state index contributed by atoms with van der Waals surface area (Å²) in [6.45, 7) is 0.0120. The van der Waals surface area contributed by atoms with E-state index < -0.39 is 15.7 Å². The number of anilines is 1. The second-order valence-corrected chi connectivity index (χ2v) is 9.87. The van der Waals surface area contributed by atoms with E-state index in [0.29, 0.717) is 17.5 Å². The lowest BCUT2D eigenvalue weighted by Crippen LogP contribution is -2.42. The quantitative estimate of drug-likeness (QED) is 0.609. The summed E-state index contributed by atoms with van der Waals surface area (Å²) in [5, 5.41) is 2.71. The minimum atomic E-state index is -3.13. The Hall–Kier alpha value is -3.28. The number of carbonyl (C=O) groups is 3. The van der Waals surface area contributed by atoms with Gasteiger partial charge in [-0.15, -0.1) is 6.42 Å². The van der Waals surface area contributed by atoms with Crippen molar-refractivity contribution in [2.24, 2.45) is 0 Å². The van der Waals surface area contributed by atoms with Crippen LogP contribution in [0.5, 0.6) is 0 Å². The zero-order valence-electron chi connectivity index (χ0n) is 16.6. The van der Waals surface area contributed by atoms with Crippen molar-refractivity contribution >= 4 is 33.0 Å². The van der Waals surface area contributed by atoms with Crippen LogP contribution < -0.4 is 5.32 Å². The molecule has 2 aliphatic rings. The fourth-order valence-corrected chi connectivity index (χ4v) is 5.88. The first-order valence-electron chi connectivity index (χ1n) is 9.80. The number of rotatable bonds is 5. The summed E-state index contributed by atoms with van der Waals surface area (Å²) >= 11 is 0. The predicted molar refractivity (Wildman–Crippen MR) is 116 cm³/mol. The summed E-state index contributed by atoms with van der Waals surface area (Å²) in [4.78, 5) is 40.3. The summed E-state index contributed by atoms with van der Waals surface area (Å²) < 4.78 is 23.6. The highest BCUT2D eigenvalue weighted by atomic mass is 32.2. The average Bonchev–Trinajstić information content (AvgIpc) is 3.11. The number of amides is 1. The molecule has 2 aromatic carbocycles. The zero-order valence-corrected chi connectivity index (χ0v) is 17.4. The third kappa shape index (κ3) is 4.02. The Labute approximate surface area is 180 Å². The summed E-state index contributed by atoms with van der Waals surface area (Å²) in [7, 11) is -3.13. The van der Waals surface area contributed by atoms with Gasteiger partial charge in [-0.25, -0.2) is 8.42 Å². The van der Waals surface area contributed by atoms with Crippen molar-refractivity contribution in [3.8, 4) is 12.3 Å². The first-order chi connectivity index (χ1) is 14.8. The van der Waals surface area contributed by atoms with Crippen molar-refractivity contribution in [3.05, 3.63) is 64.7 Å². The molecule has 1 amide bonds. The third-order valence-electron chi connectivity index (χ3n) is 5.59. The van der Waals surface area contributed by atoms with Crippen molar-refractivity contribution in [3.63, 3.8) is 0 Å². The van der Waals surface area contributed by atoms with E-state index in [1.807, 2.05) is 0 Å². The van der Waals surface area contributed by atoms with E-state index in [4.69, 9.17) is 6.42 Å². The molecule has 1 unspecified atom stereocenters. The largest absolute Gasteiger partial charge is 0.324 e. The third-order valence-corrected chi connectivity index (χ3v) is 7.34. The number of hydrogen-bond donors (Lipinski definition) is 1. The molecule has 0 bridgehead atoms. The van der Waals surface area contributed by atoms with Crippen LogP contribution in [0, 0.1) is 12.3 Å². The molecule has 4 rings (SSSR count). The Morgan fingerprint density at radius 1 is 1.06 bits per heavy atom. The fourth-order valence-electron chi connectivity index (χ4n) is 4.12. The smallest absolute Gasteiger partial charge is 0.238 e. The van der Waals surface area contributed by atoms with Crippen LogP contribution in [0.25, 0.3) is 0 Å². The Morgan fingerprint density at radius 2 is 1.74 bits per heavy atom. The van der Waals surface area contributed by atoms with Gasteiger partial charge in [0.25, 0.3) is 0 Å². The molecular formula is C23H20N2O5S. The van der Waals surface area contributed by atoms with E-state index in [1.54, 1.807) is 47.4 Å². The van der Waals surface area contributed by atoms with Crippen LogP contribution in [0.15, 0.2) is 42.5 Å². The molecule has 0 saturated carbocycles. The van der Waals surface area contributed by atoms with Crippen molar-refractivity contribution in [2.75, 3.05) is 29.9 Å². The maximum absolute atomic E-state index is 13.1. The van der Waals surface area contributed by atoms with Gasteiger partial charge in [-0.3, -0.25) is 19.3 Å². The van der Waals surface area contributed by atoms with E-state index in [1.165, 1.54) is 0 Å². The van der Waals surface area contributed by atoms with Gasteiger partial charge in [0, 0.05) is 22.7 Å². The molecule has 1 saturated heterocycles. The lowest BCUT2D eigenvalue weighted by molar-refractivity contribution is -0.117. The topological polar surface area (TPSA) is 101 Å². The Kier molecular flexibility index (Phi) is 5.48. The molecule has 1 heterocycles. The maximum Gasteiger partial charge on any atom is 0.238 e. The highest BCUT2D eigenvalue weighted by Crippen LogP contribution is 2.32. The molecule has 1 aliphatic heterocycles. The van der Waals surface area contributed by atoms with Gasteiger partial charge in [-0.05, 0) is 12.5 Å². The van der Waals surface area contributed by atoms with Crippen LogP contribution in [0.1, 0.15) is 38.3 Å².